The van der Waals surface area contributed by atoms with Gasteiger partial charge >= 0.3 is 6.18 Å². The number of nitrogens with one attached hydrogen (secondary N) is 2. The van der Waals surface area contributed by atoms with Gasteiger partial charge in [0.1, 0.15) is 0 Å². The lowest BCUT2D eigenvalue weighted by atomic mass is 10.0. The van der Waals surface area contributed by atoms with E-state index in [9.17, 15) is 26.7 Å². The maximum absolute atomic E-state index is 14.0. The van der Waals surface area contributed by atoms with Gasteiger partial charge in [0.05, 0.1) is 35.1 Å². The predicted octanol–water partition coefficient (Wildman–Crippen LogP) is 10.1. The minimum absolute atomic E-state index is 0.142. The van der Waals surface area contributed by atoms with Crippen LogP contribution in [0.25, 0.3) is 22.5 Å². The number of aromatic nitrogens is 2. The zero-order valence-corrected chi connectivity index (χ0v) is 38.5. The van der Waals surface area contributed by atoms with Crippen LogP contribution in [-0.4, -0.2) is 97.9 Å². The molecule has 342 valence electrons. The first-order chi connectivity index (χ1) is 31.3. The summed E-state index contributed by atoms with van der Waals surface area (Å²) in [7, 11) is -2.26. The highest BCUT2D eigenvalue weighted by molar-refractivity contribution is 7.99. The van der Waals surface area contributed by atoms with E-state index in [1.807, 2.05) is 84.7 Å². The third-order valence-electron chi connectivity index (χ3n) is 12.0. The fraction of sp³-hybridized carbons (Fsp3) is 0.327. The van der Waals surface area contributed by atoms with Crippen LogP contribution in [0, 0.1) is 0 Å². The highest BCUT2D eigenvalue weighted by atomic mass is 35.5. The zero-order valence-electron chi connectivity index (χ0n) is 36.1. The van der Waals surface area contributed by atoms with Gasteiger partial charge in [-0.05, 0) is 104 Å². The lowest BCUT2D eigenvalue weighted by Crippen LogP contribution is -2.46. The molecule has 0 unspecified atom stereocenters. The number of aliphatic hydroxyl groups excluding tert-OH is 1. The number of sulfonamides is 1. The number of likely N-dealkylation sites (tertiary alicyclic amines) is 1. The highest BCUT2D eigenvalue weighted by Gasteiger charge is 2.31. The number of alkyl halides is 3. The Hall–Kier alpha value is -5.19. The van der Waals surface area contributed by atoms with E-state index in [0.29, 0.717) is 35.7 Å². The normalized spacial score (nSPS) is 15.8. The van der Waals surface area contributed by atoms with Crippen LogP contribution in [0.1, 0.15) is 24.8 Å². The second kappa shape index (κ2) is 20.5. The van der Waals surface area contributed by atoms with Gasteiger partial charge in [-0.25, -0.2) is 13.4 Å². The zero-order chi connectivity index (χ0) is 45.6. The molecule has 5 aromatic carbocycles. The molecule has 3 N–H and O–H groups in total. The van der Waals surface area contributed by atoms with E-state index in [0.717, 1.165) is 90.7 Å². The fourth-order valence-corrected chi connectivity index (χ4v) is 10.7. The molecule has 1 atom stereocenters. The molecule has 0 bridgehead atoms. The van der Waals surface area contributed by atoms with Gasteiger partial charge in [-0.15, -0.1) is 11.8 Å². The van der Waals surface area contributed by atoms with Crippen LogP contribution in [0.5, 0.6) is 0 Å². The summed E-state index contributed by atoms with van der Waals surface area (Å²) in [5.41, 5.74) is 6.39. The largest absolute Gasteiger partial charge is 0.393 e. The van der Waals surface area contributed by atoms with Gasteiger partial charge < -0.3 is 29.7 Å². The number of imidazole rings is 1. The molecule has 3 heterocycles. The molecular weight excluding hydrogens is 891 g/mol. The molecule has 0 radical (unpaired) electrons. The van der Waals surface area contributed by atoms with Gasteiger partial charge in [0, 0.05) is 108 Å². The first-order valence-electron chi connectivity index (χ1n) is 21.8. The number of benzene rings is 5. The van der Waals surface area contributed by atoms with Crippen LogP contribution in [0.4, 0.5) is 35.9 Å². The first-order valence-corrected chi connectivity index (χ1v) is 24.7. The summed E-state index contributed by atoms with van der Waals surface area (Å²) in [5.74, 6) is 0.590. The number of halogens is 4. The number of nitrogens with zero attached hydrogens (tertiary/aromatic N) is 5. The van der Waals surface area contributed by atoms with E-state index < -0.39 is 22.6 Å². The van der Waals surface area contributed by atoms with E-state index in [1.54, 1.807) is 23.9 Å². The number of hydrogen-bond acceptors (Lipinski definition) is 9. The van der Waals surface area contributed by atoms with Crippen molar-refractivity contribution in [3.8, 4) is 22.5 Å². The van der Waals surface area contributed by atoms with E-state index in [1.165, 1.54) is 12.1 Å². The highest BCUT2D eigenvalue weighted by Crippen LogP contribution is 2.35. The third kappa shape index (κ3) is 12.2. The molecule has 2 aliphatic heterocycles. The Morgan fingerprint density at radius 1 is 0.815 bits per heavy atom. The average Bonchev–Trinajstić information content (AvgIpc) is 3.69. The molecule has 10 nitrogen and oxygen atoms in total. The van der Waals surface area contributed by atoms with Crippen LogP contribution in [0.2, 0.25) is 5.02 Å². The lowest BCUT2D eigenvalue weighted by Gasteiger charge is -2.37. The molecular formula is C49H53ClF3N7O3S2. The van der Waals surface area contributed by atoms with Crippen molar-refractivity contribution in [1.29, 1.82) is 0 Å². The monoisotopic (exact) mass is 943 g/mol. The number of aliphatic hydroxyl groups is 1. The van der Waals surface area contributed by atoms with Crippen molar-refractivity contribution in [1.82, 2.24) is 14.5 Å². The second-order valence-electron chi connectivity index (χ2n) is 16.7. The van der Waals surface area contributed by atoms with Gasteiger partial charge in [0.15, 0.2) is 0 Å². The number of aryl methyl sites for hydroxylation is 1. The molecule has 0 spiro atoms. The lowest BCUT2D eigenvalue weighted by molar-refractivity contribution is -0.127. The molecule has 0 saturated carbocycles. The standard InChI is InChI=1S/C49H53ClF3N7O3S2/c1-57-34-54-47(48(57)35-10-12-38(50)13-11-35)36-6-5-7-42(30-36)60-28-26-59(27-29-60)41-16-14-39(15-17-41)56-65(62,63)45-18-19-46(37(31-45)32-49(51,52)53)55-40(33-64-44-8-3-2-4-9-44)20-23-58-24-21-43(61)22-25-58/h2-19,30-31,34,40,43,55-56,61H,20-29,32-33H2,1H3/t40-/m1/s1. The number of piperidine rings is 1. The van der Waals surface area contributed by atoms with Crippen molar-refractivity contribution in [3.05, 3.63) is 138 Å². The van der Waals surface area contributed by atoms with Crippen molar-refractivity contribution >= 4 is 56.1 Å². The average molecular weight is 945 g/mol. The van der Waals surface area contributed by atoms with Crippen LogP contribution in [-0.2, 0) is 23.5 Å². The van der Waals surface area contributed by atoms with Gasteiger partial charge in [-0.2, -0.15) is 13.2 Å². The fourth-order valence-electron chi connectivity index (χ4n) is 8.47. The van der Waals surface area contributed by atoms with E-state index in [4.69, 9.17) is 16.6 Å². The summed E-state index contributed by atoms with van der Waals surface area (Å²) in [6.07, 6.45) is -2.30. The maximum Gasteiger partial charge on any atom is 0.393 e. The molecule has 2 saturated heterocycles. The van der Waals surface area contributed by atoms with Gasteiger partial charge in [0.2, 0.25) is 0 Å². The molecule has 1 aromatic heterocycles. The molecule has 6 aromatic rings. The summed E-state index contributed by atoms with van der Waals surface area (Å²) in [4.78, 5) is 12.4. The molecule has 0 aliphatic carbocycles. The van der Waals surface area contributed by atoms with E-state index in [2.05, 4.69) is 49.0 Å². The summed E-state index contributed by atoms with van der Waals surface area (Å²) in [6.45, 7) is 5.26. The number of piperazine rings is 1. The summed E-state index contributed by atoms with van der Waals surface area (Å²) < 4.78 is 74.2. The molecule has 2 aliphatic rings. The van der Waals surface area contributed by atoms with Crippen molar-refractivity contribution in [2.45, 2.75) is 53.8 Å². The first kappa shape index (κ1) is 46.3. The van der Waals surface area contributed by atoms with Crippen LogP contribution in [0.3, 0.4) is 0 Å². The van der Waals surface area contributed by atoms with Crippen molar-refractivity contribution in [2.75, 3.05) is 71.4 Å². The third-order valence-corrected chi connectivity index (χ3v) is 14.8. The minimum Gasteiger partial charge on any atom is -0.393 e. The van der Waals surface area contributed by atoms with Crippen LogP contribution >= 0.6 is 23.4 Å². The molecule has 2 fully saturated rings. The van der Waals surface area contributed by atoms with Crippen LogP contribution in [0.15, 0.2) is 137 Å². The predicted molar refractivity (Wildman–Crippen MR) is 258 cm³/mol. The smallest absolute Gasteiger partial charge is 0.393 e. The number of hydrogen-bond donors (Lipinski definition) is 3. The quantitative estimate of drug-likeness (QED) is 0.0819. The molecule has 0 amide bonds. The van der Waals surface area contributed by atoms with Crippen molar-refractivity contribution in [2.24, 2.45) is 7.05 Å². The topological polar surface area (TPSA) is 106 Å². The Kier molecular flexibility index (Phi) is 14.6. The Bertz CT molecular complexity index is 2620. The Morgan fingerprint density at radius 2 is 1.51 bits per heavy atom. The summed E-state index contributed by atoms with van der Waals surface area (Å²) in [5, 5.41) is 14.0. The van der Waals surface area contributed by atoms with E-state index in [-0.39, 0.29) is 28.3 Å². The maximum atomic E-state index is 14.0. The second-order valence-corrected chi connectivity index (χ2v) is 19.9. The summed E-state index contributed by atoms with van der Waals surface area (Å²) in [6, 6.07) is 36.8. The number of anilines is 4. The van der Waals surface area contributed by atoms with Gasteiger partial charge in [-0.3, -0.25) is 4.72 Å². The van der Waals surface area contributed by atoms with E-state index >= 15 is 0 Å². The Balaban J connectivity index is 0.911. The Morgan fingerprint density at radius 3 is 2.20 bits per heavy atom. The van der Waals surface area contributed by atoms with Crippen molar-refractivity contribution < 1.29 is 26.7 Å². The molecule has 8 rings (SSSR count). The van der Waals surface area contributed by atoms with Crippen molar-refractivity contribution in [3.63, 3.8) is 0 Å². The number of rotatable bonds is 16. The minimum atomic E-state index is -4.57. The molecule has 16 heteroatoms. The van der Waals surface area contributed by atoms with Gasteiger partial charge in [-0.1, -0.05) is 54.1 Å². The SMILES string of the molecule is Cn1cnc(-c2cccc(N3CCN(c4ccc(NS(=O)(=O)c5ccc(N[C@H](CCN6CCC(O)CC6)CSc6ccccc6)c(CC(F)(F)F)c5)cc4)CC3)c2)c1-c1ccc(Cl)cc1. The molecule has 65 heavy (non-hydrogen) atoms. The van der Waals surface area contributed by atoms with Crippen LogP contribution < -0.4 is 19.8 Å². The number of thioether (sulfide) groups is 1. The Labute approximate surface area is 388 Å². The van der Waals surface area contributed by atoms with Gasteiger partial charge in [0.25, 0.3) is 10.0 Å². The summed E-state index contributed by atoms with van der Waals surface area (Å²) >= 11 is 7.77.